The number of nitrogens with zero attached hydrogens (tertiary/aromatic N) is 1. The van der Waals surface area contributed by atoms with E-state index in [2.05, 4.69) is 15.8 Å². The number of hydrogen-bond acceptors (Lipinski definition) is 5. The summed E-state index contributed by atoms with van der Waals surface area (Å²) in [5, 5.41) is 18.8. The highest BCUT2D eigenvalue weighted by Crippen LogP contribution is 2.26. The van der Waals surface area contributed by atoms with Crippen molar-refractivity contribution in [3.63, 3.8) is 0 Å². The van der Waals surface area contributed by atoms with Gasteiger partial charge in [-0.25, -0.2) is 5.43 Å². The first-order valence-electron chi connectivity index (χ1n) is 10.7. The predicted molar refractivity (Wildman–Crippen MR) is 137 cm³/mol. The van der Waals surface area contributed by atoms with Gasteiger partial charge in [-0.05, 0) is 65.7 Å². The molecule has 3 N–H and O–H groups in total. The molecule has 0 radical (unpaired) electrons. The third kappa shape index (κ3) is 6.16. The fourth-order valence-corrected chi connectivity index (χ4v) is 3.57. The van der Waals surface area contributed by atoms with Crippen LogP contribution in [0.25, 0.3) is 10.8 Å². The predicted octanol–water partition coefficient (Wildman–Crippen LogP) is 5.29. The van der Waals surface area contributed by atoms with Gasteiger partial charge in [0.05, 0.1) is 16.8 Å². The number of fused-ring (bicyclic) bond motifs is 1. The van der Waals surface area contributed by atoms with Gasteiger partial charge in [0, 0.05) is 5.69 Å². The van der Waals surface area contributed by atoms with E-state index in [1.807, 2.05) is 55.5 Å². The summed E-state index contributed by atoms with van der Waals surface area (Å²) in [5.41, 5.74) is 4.90. The van der Waals surface area contributed by atoms with E-state index < -0.39 is 5.91 Å². The van der Waals surface area contributed by atoms with E-state index in [0.29, 0.717) is 17.0 Å². The number of hydrogen-bond donors (Lipinski definition) is 3. The van der Waals surface area contributed by atoms with Crippen molar-refractivity contribution < 1.29 is 19.4 Å². The molecule has 0 fully saturated rings. The van der Waals surface area contributed by atoms with Gasteiger partial charge in [-0.3, -0.25) is 9.59 Å². The van der Waals surface area contributed by atoms with Gasteiger partial charge in [0.1, 0.15) is 11.5 Å². The third-order valence-electron chi connectivity index (χ3n) is 5.14. The number of rotatable bonds is 7. The Bertz CT molecular complexity index is 1420. The number of aryl methyl sites for hydroxylation is 1. The van der Waals surface area contributed by atoms with Crippen molar-refractivity contribution in [3.05, 3.63) is 101 Å². The molecule has 176 valence electrons. The van der Waals surface area contributed by atoms with Crippen molar-refractivity contribution in [2.45, 2.75) is 6.92 Å². The number of anilines is 1. The highest BCUT2D eigenvalue weighted by molar-refractivity contribution is 6.32. The summed E-state index contributed by atoms with van der Waals surface area (Å²) in [7, 11) is 0. The van der Waals surface area contributed by atoms with Crippen LogP contribution in [0.15, 0.2) is 84.0 Å². The Labute approximate surface area is 207 Å². The molecule has 4 aromatic carbocycles. The molecule has 0 saturated heterocycles. The number of nitrogens with one attached hydrogen (secondary N) is 2. The van der Waals surface area contributed by atoms with E-state index in [4.69, 9.17) is 16.3 Å². The van der Waals surface area contributed by atoms with Crippen molar-refractivity contribution in [1.82, 2.24) is 5.43 Å². The Morgan fingerprint density at radius 1 is 1.00 bits per heavy atom. The first kappa shape index (κ1) is 23.8. The number of phenolic OH excluding ortho intramolecular Hbond substituents is 1. The van der Waals surface area contributed by atoms with Crippen LogP contribution in [-0.4, -0.2) is 29.7 Å². The maximum Gasteiger partial charge on any atom is 0.275 e. The quantitative estimate of drug-likeness (QED) is 0.243. The lowest BCUT2D eigenvalue weighted by molar-refractivity contribution is -0.118. The number of carbonyl (C=O) groups is 2. The molecule has 0 aliphatic heterocycles. The Morgan fingerprint density at radius 2 is 1.71 bits per heavy atom. The van der Waals surface area contributed by atoms with Crippen LogP contribution in [0.3, 0.4) is 0 Å². The maximum atomic E-state index is 12.4. The number of halogens is 1. The molecule has 0 heterocycles. The first-order valence-corrected chi connectivity index (χ1v) is 11.1. The minimum Gasteiger partial charge on any atom is -0.507 e. The van der Waals surface area contributed by atoms with Gasteiger partial charge in [-0.15, -0.1) is 0 Å². The summed E-state index contributed by atoms with van der Waals surface area (Å²) in [4.78, 5) is 24.6. The van der Waals surface area contributed by atoms with Crippen molar-refractivity contribution >= 4 is 46.1 Å². The van der Waals surface area contributed by atoms with Crippen LogP contribution in [0.4, 0.5) is 5.69 Å². The summed E-state index contributed by atoms with van der Waals surface area (Å²) in [6.45, 7) is 1.76. The topological polar surface area (TPSA) is 100 Å². The molecule has 35 heavy (non-hydrogen) atoms. The number of benzene rings is 4. The fourth-order valence-electron chi connectivity index (χ4n) is 3.33. The molecule has 0 aromatic heterocycles. The molecule has 0 aliphatic carbocycles. The Morgan fingerprint density at radius 3 is 2.43 bits per heavy atom. The molecule has 2 amide bonds. The van der Waals surface area contributed by atoms with E-state index >= 15 is 0 Å². The van der Waals surface area contributed by atoms with E-state index in [-0.39, 0.29) is 28.8 Å². The van der Waals surface area contributed by atoms with Crippen molar-refractivity contribution in [1.29, 1.82) is 0 Å². The highest BCUT2D eigenvalue weighted by Gasteiger charge is 2.12. The lowest BCUT2D eigenvalue weighted by Crippen LogP contribution is -2.20. The summed E-state index contributed by atoms with van der Waals surface area (Å²) in [5.74, 6) is -0.647. The normalized spacial score (nSPS) is 10.9. The zero-order chi connectivity index (χ0) is 24.8. The van der Waals surface area contributed by atoms with Gasteiger partial charge < -0.3 is 15.2 Å². The van der Waals surface area contributed by atoms with E-state index in [1.54, 1.807) is 24.3 Å². The minimum atomic E-state index is -0.546. The van der Waals surface area contributed by atoms with Crippen LogP contribution < -0.4 is 15.5 Å². The van der Waals surface area contributed by atoms with Crippen LogP contribution in [0.1, 0.15) is 21.5 Å². The zero-order valence-corrected chi connectivity index (χ0v) is 19.5. The smallest absolute Gasteiger partial charge is 0.275 e. The molecule has 4 aromatic rings. The monoisotopic (exact) mass is 487 g/mol. The zero-order valence-electron chi connectivity index (χ0n) is 18.8. The molecule has 8 heteroatoms. The molecular weight excluding hydrogens is 466 g/mol. The summed E-state index contributed by atoms with van der Waals surface area (Å²) in [6.07, 6.45) is 1.41. The Kier molecular flexibility index (Phi) is 7.28. The van der Waals surface area contributed by atoms with Crippen LogP contribution in [0, 0.1) is 6.92 Å². The molecule has 0 spiro atoms. The second-order valence-corrected chi connectivity index (χ2v) is 8.22. The summed E-state index contributed by atoms with van der Waals surface area (Å²) in [6, 6.07) is 22.9. The number of hydrazone groups is 1. The van der Waals surface area contributed by atoms with Crippen LogP contribution in [-0.2, 0) is 4.79 Å². The molecule has 7 nitrogen and oxygen atoms in total. The van der Waals surface area contributed by atoms with Gasteiger partial charge in [0.25, 0.3) is 11.8 Å². The number of carbonyl (C=O) groups excluding carboxylic acids is 2. The number of amides is 2. The standard InChI is InChI=1S/C27H22ClN3O4/c1-17-6-9-21(10-7-17)30-26(33)16-35-25-11-8-18(12-23(25)28)15-29-31-27(34)22-13-19-4-2-3-5-20(19)14-24(22)32/h2-15,32H,16H2,1H3,(H,30,33)(H,31,34). The van der Waals surface area contributed by atoms with E-state index in [1.165, 1.54) is 12.3 Å². The van der Waals surface area contributed by atoms with Crippen LogP contribution >= 0.6 is 11.6 Å². The molecule has 0 saturated carbocycles. The number of phenols is 1. The number of aromatic hydroxyl groups is 1. The van der Waals surface area contributed by atoms with Crippen LogP contribution in [0.5, 0.6) is 11.5 Å². The van der Waals surface area contributed by atoms with Gasteiger partial charge in [0.15, 0.2) is 6.61 Å². The second kappa shape index (κ2) is 10.7. The molecule has 4 rings (SSSR count). The highest BCUT2D eigenvalue weighted by atomic mass is 35.5. The molecule has 0 aliphatic rings. The van der Waals surface area contributed by atoms with Crippen molar-refractivity contribution in [3.8, 4) is 11.5 Å². The lowest BCUT2D eigenvalue weighted by Gasteiger charge is -2.09. The largest absolute Gasteiger partial charge is 0.507 e. The van der Waals surface area contributed by atoms with E-state index in [9.17, 15) is 14.7 Å². The van der Waals surface area contributed by atoms with Crippen molar-refractivity contribution in [2.75, 3.05) is 11.9 Å². The summed E-state index contributed by atoms with van der Waals surface area (Å²) < 4.78 is 5.51. The average molecular weight is 488 g/mol. The van der Waals surface area contributed by atoms with Gasteiger partial charge in [-0.2, -0.15) is 5.10 Å². The van der Waals surface area contributed by atoms with Gasteiger partial charge >= 0.3 is 0 Å². The minimum absolute atomic E-state index is 0.117. The van der Waals surface area contributed by atoms with E-state index in [0.717, 1.165) is 16.3 Å². The lowest BCUT2D eigenvalue weighted by atomic mass is 10.1. The molecular formula is C27H22ClN3O4. The Balaban J connectivity index is 1.33. The second-order valence-electron chi connectivity index (χ2n) is 7.81. The first-order chi connectivity index (χ1) is 16.9. The average Bonchev–Trinajstić information content (AvgIpc) is 2.84. The van der Waals surface area contributed by atoms with Gasteiger partial charge in [-0.1, -0.05) is 53.6 Å². The summed E-state index contributed by atoms with van der Waals surface area (Å²) >= 11 is 6.27. The van der Waals surface area contributed by atoms with Crippen molar-refractivity contribution in [2.24, 2.45) is 5.10 Å². The van der Waals surface area contributed by atoms with Crippen LogP contribution in [0.2, 0.25) is 5.02 Å². The number of ether oxygens (including phenoxy) is 1. The third-order valence-corrected chi connectivity index (χ3v) is 5.43. The van der Waals surface area contributed by atoms with Gasteiger partial charge in [0.2, 0.25) is 0 Å². The fraction of sp³-hybridized carbons (Fsp3) is 0.0741. The molecule has 0 bridgehead atoms. The SMILES string of the molecule is Cc1ccc(NC(=O)COc2ccc(C=NNC(=O)c3cc4ccccc4cc3O)cc2Cl)cc1. The maximum absolute atomic E-state index is 12.4. The Hall–Kier alpha value is -4.36. The molecule has 0 unspecified atom stereocenters. The molecule has 0 atom stereocenters.